The molecule has 0 spiro atoms. The minimum atomic E-state index is -0.428. The third-order valence-corrected chi connectivity index (χ3v) is 2.40. The van der Waals surface area contributed by atoms with Crippen molar-refractivity contribution in [3.05, 3.63) is 23.5 Å². The van der Waals surface area contributed by atoms with Crippen molar-refractivity contribution in [1.29, 1.82) is 0 Å². The molecule has 0 aromatic heterocycles. The summed E-state index contributed by atoms with van der Waals surface area (Å²) in [5.41, 5.74) is 0.896. The van der Waals surface area contributed by atoms with Crippen LogP contribution in [0, 0.1) is 0 Å². The molecule has 1 N–H and O–H groups in total. The fraction of sp³-hybridized carbons (Fsp3) is 0.556. The van der Waals surface area contributed by atoms with Crippen molar-refractivity contribution in [3.63, 3.8) is 0 Å². The van der Waals surface area contributed by atoms with Crippen LogP contribution in [0.25, 0.3) is 0 Å². The second-order valence-corrected chi connectivity index (χ2v) is 4.38. The maximum absolute atomic E-state index is 9.58. The number of epoxide rings is 1. The molecule has 1 heterocycles. The van der Waals surface area contributed by atoms with Crippen LogP contribution in [-0.4, -0.2) is 22.7 Å². The zero-order valence-corrected chi connectivity index (χ0v) is 7.64. The Balaban J connectivity index is 2.20. The fourth-order valence-corrected chi connectivity index (χ4v) is 1.56. The van der Waals surface area contributed by atoms with Gasteiger partial charge < -0.3 is 9.84 Å². The minimum Gasteiger partial charge on any atom is -0.512 e. The number of hydrogen-bond acceptors (Lipinski definition) is 2. The number of halogens is 1. The number of aliphatic hydroxyl groups excluding tert-OH is 1. The lowest BCUT2D eigenvalue weighted by Crippen LogP contribution is -2.18. The Morgan fingerprint density at radius 2 is 2.42 bits per heavy atom. The molecule has 2 atom stereocenters. The monoisotopic (exact) mass is 186 g/mol. The summed E-state index contributed by atoms with van der Waals surface area (Å²) in [7, 11) is 0. The van der Waals surface area contributed by atoms with E-state index in [2.05, 4.69) is 0 Å². The molecule has 1 aliphatic heterocycles. The standard InChI is InChI=1S/C9H11ClO2/c1-9(10)3-2-6(7(11)4-9)8-5-12-8/h2-3,8,11H,4-5H2,1H3. The van der Waals surface area contributed by atoms with Crippen molar-refractivity contribution in [2.24, 2.45) is 0 Å². The lowest BCUT2D eigenvalue weighted by molar-refractivity contribution is 0.355. The quantitative estimate of drug-likeness (QED) is 0.503. The Labute approximate surface area is 76.5 Å². The summed E-state index contributed by atoms with van der Waals surface area (Å²) in [4.78, 5) is -0.428. The van der Waals surface area contributed by atoms with Crippen molar-refractivity contribution in [1.82, 2.24) is 0 Å². The van der Waals surface area contributed by atoms with Crippen LogP contribution in [0.3, 0.4) is 0 Å². The van der Waals surface area contributed by atoms with Gasteiger partial charge in [-0.05, 0) is 6.92 Å². The SMILES string of the molecule is CC1(Cl)C=CC(C2CO2)=C(O)C1. The van der Waals surface area contributed by atoms with E-state index < -0.39 is 4.87 Å². The molecule has 1 aliphatic carbocycles. The third-order valence-electron chi connectivity index (χ3n) is 2.14. The molecule has 0 bridgehead atoms. The van der Waals surface area contributed by atoms with Crippen LogP contribution >= 0.6 is 11.6 Å². The van der Waals surface area contributed by atoms with Crippen LogP contribution in [0.4, 0.5) is 0 Å². The number of allylic oxidation sites excluding steroid dienone is 2. The van der Waals surface area contributed by atoms with Gasteiger partial charge in [0.15, 0.2) is 0 Å². The van der Waals surface area contributed by atoms with Crippen molar-refractivity contribution >= 4 is 11.6 Å². The lowest BCUT2D eigenvalue weighted by atomic mass is 9.94. The average Bonchev–Trinajstić information content (AvgIpc) is 2.67. The van der Waals surface area contributed by atoms with E-state index in [1.165, 1.54) is 0 Å². The van der Waals surface area contributed by atoms with E-state index in [0.717, 1.165) is 12.2 Å². The topological polar surface area (TPSA) is 32.8 Å². The first-order chi connectivity index (χ1) is 5.58. The van der Waals surface area contributed by atoms with E-state index in [1.54, 1.807) is 0 Å². The molecule has 12 heavy (non-hydrogen) atoms. The molecular formula is C9H11ClO2. The molecule has 1 fully saturated rings. The lowest BCUT2D eigenvalue weighted by Gasteiger charge is -2.22. The molecule has 3 heteroatoms. The van der Waals surface area contributed by atoms with E-state index in [-0.39, 0.29) is 6.10 Å². The zero-order valence-electron chi connectivity index (χ0n) is 6.88. The molecule has 2 unspecified atom stereocenters. The second kappa shape index (κ2) is 2.51. The predicted molar refractivity (Wildman–Crippen MR) is 47.4 cm³/mol. The average molecular weight is 187 g/mol. The highest BCUT2D eigenvalue weighted by molar-refractivity contribution is 6.25. The summed E-state index contributed by atoms with van der Waals surface area (Å²) >= 11 is 6.04. The summed E-state index contributed by atoms with van der Waals surface area (Å²) in [5.74, 6) is 0.373. The highest BCUT2D eigenvalue weighted by Gasteiger charge is 2.33. The summed E-state index contributed by atoms with van der Waals surface area (Å²) in [6.07, 6.45) is 4.39. The maximum Gasteiger partial charge on any atom is 0.109 e. The Bertz CT molecular complexity index is 262. The molecule has 0 aromatic rings. The van der Waals surface area contributed by atoms with Crippen LogP contribution < -0.4 is 0 Å². The van der Waals surface area contributed by atoms with Gasteiger partial charge in [0.1, 0.15) is 11.9 Å². The number of ether oxygens (including phenoxy) is 1. The molecule has 2 aliphatic rings. The third kappa shape index (κ3) is 1.50. The van der Waals surface area contributed by atoms with Crippen molar-refractivity contribution in [2.75, 3.05) is 6.61 Å². The number of alkyl halides is 1. The molecule has 66 valence electrons. The molecule has 0 amide bonds. The first kappa shape index (κ1) is 8.14. The Hall–Kier alpha value is -0.470. The van der Waals surface area contributed by atoms with Crippen molar-refractivity contribution in [3.8, 4) is 0 Å². The fourth-order valence-electron chi connectivity index (χ4n) is 1.37. The molecule has 2 rings (SSSR count). The molecular weight excluding hydrogens is 176 g/mol. The summed E-state index contributed by atoms with van der Waals surface area (Å²) < 4.78 is 5.07. The van der Waals surface area contributed by atoms with Gasteiger partial charge in [0.25, 0.3) is 0 Å². The molecule has 0 aromatic carbocycles. The van der Waals surface area contributed by atoms with Crippen LogP contribution in [0.15, 0.2) is 23.5 Å². The van der Waals surface area contributed by atoms with Crippen LogP contribution in [0.2, 0.25) is 0 Å². The molecule has 0 saturated carbocycles. The van der Waals surface area contributed by atoms with Gasteiger partial charge >= 0.3 is 0 Å². The van der Waals surface area contributed by atoms with Gasteiger partial charge in [-0.1, -0.05) is 12.2 Å². The number of aliphatic hydroxyl groups is 1. The summed E-state index contributed by atoms with van der Waals surface area (Å²) in [6, 6.07) is 0. The van der Waals surface area contributed by atoms with Gasteiger partial charge in [-0.3, -0.25) is 0 Å². The predicted octanol–water partition coefficient (Wildman–Crippen LogP) is 2.15. The normalized spacial score (nSPS) is 40.3. The van der Waals surface area contributed by atoms with Gasteiger partial charge in [0.05, 0.1) is 11.5 Å². The number of rotatable bonds is 1. The van der Waals surface area contributed by atoms with Crippen LogP contribution in [-0.2, 0) is 4.74 Å². The zero-order chi connectivity index (χ0) is 8.77. The molecule has 0 radical (unpaired) electrons. The second-order valence-electron chi connectivity index (χ2n) is 3.51. The van der Waals surface area contributed by atoms with E-state index in [0.29, 0.717) is 12.2 Å². The van der Waals surface area contributed by atoms with Gasteiger partial charge in [0, 0.05) is 12.0 Å². The van der Waals surface area contributed by atoms with E-state index in [4.69, 9.17) is 16.3 Å². The summed E-state index contributed by atoms with van der Waals surface area (Å²) in [5, 5.41) is 9.58. The highest BCUT2D eigenvalue weighted by Crippen LogP contribution is 2.35. The smallest absolute Gasteiger partial charge is 0.109 e. The first-order valence-corrected chi connectivity index (χ1v) is 4.38. The van der Waals surface area contributed by atoms with E-state index in [1.807, 2.05) is 19.1 Å². The number of hydrogen-bond donors (Lipinski definition) is 1. The van der Waals surface area contributed by atoms with Crippen LogP contribution in [0.1, 0.15) is 13.3 Å². The Morgan fingerprint density at radius 3 is 2.92 bits per heavy atom. The first-order valence-electron chi connectivity index (χ1n) is 4.00. The van der Waals surface area contributed by atoms with E-state index >= 15 is 0 Å². The highest BCUT2D eigenvalue weighted by atomic mass is 35.5. The minimum absolute atomic E-state index is 0.119. The van der Waals surface area contributed by atoms with Gasteiger partial charge in [-0.15, -0.1) is 11.6 Å². The summed E-state index contributed by atoms with van der Waals surface area (Å²) in [6.45, 7) is 2.61. The van der Waals surface area contributed by atoms with Gasteiger partial charge in [-0.2, -0.15) is 0 Å². The Morgan fingerprint density at radius 1 is 1.75 bits per heavy atom. The van der Waals surface area contributed by atoms with Gasteiger partial charge in [-0.25, -0.2) is 0 Å². The van der Waals surface area contributed by atoms with E-state index in [9.17, 15) is 5.11 Å². The van der Waals surface area contributed by atoms with Gasteiger partial charge in [0.2, 0.25) is 0 Å². The molecule has 2 nitrogen and oxygen atoms in total. The van der Waals surface area contributed by atoms with Crippen LogP contribution in [0.5, 0.6) is 0 Å². The Kier molecular flexibility index (Phi) is 1.70. The maximum atomic E-state index is 9.58. The molecule has 1 saturated heterocycles. The van der Waals surface area contributed by atoms with Crippen molar-refractivity contribution in [2.45, 2.75) is 24.3 Å². The largest absolute Gasteiger partial charge is 0.512 e. The van der Waals surface area contributed by atoms with Crippen molar-refractivity contribution < 1.29 is 9.84 Å².